The van der Waals surface area contributed by atoms with Gasteiger partial charge in [0.25, 0.3) is 0 Å². The van der Waals surface area contributed by atoms with Gasteiger partial charge in [-0.15, -0.1) is 0 Å². The molecular weight excluding hydrogens is 304 g/mol. The van der Waals surface area contributed by atoms with Gasteiger partial charge in [0, 0.05) is 0 Å². The Labute approximate surface area is 137 Å². The van der Waals surface area contributed by atoms with E-state index in [1.807, 2.05) is 85.8 Å². The van der Waals surface area contributed by atoms with Gasteiger partial charge in [0.1, 0.15) is 17.2 Å². The van der Waals surface area contributed by atoms with E-state index in [1.165, 1.54) is 0 Å². The summed E-state index contributed by atoms with van der Waals surface area (Å²) in [6.07, 6.45) is 0. The predicted molar refractivity (Wildman–Crippen MR) is 93.8 cm³/mol. The molecule has 0 amide bonds. The number of para-hydroxylation sites is 3. The molecule has 0 fully saturated rings. The lowest BCUT2D eigenvalue weighted by molar-refractivity contribution is 0.431. The highest BCUT2D eigenvalue weighted by Crippen LogP contribution is 2.18. The maximum Gasteiger partial charge on any atom is 0.483 e. The van der Waals surface area contributed by atoms with E-state index in [1.54, 1.807) is 0 Å². The summed E-state index contributed by atoms with van der Waals surface area (Å²) >= 11 is 0. The fourth-order valence-electron chi connectivity index (χ4n) is 2.27. The van der Waals surface area contributed by atoms with Crippen molar-refractivity contribution in [1.29, 1.82) is 0 Å². The summed E-state index contributed by atoms with van der Waals surface area (Å²) < 4.78 is 12.2. The maximum absolute atomic E-state index is 10.4. The monoisotopic (exact) mass is 322 g/mol. The van der Waals surface area contributed by atoms with E-state index in [-0.39, 0.29) is 5.75 Å². The Morgan fingerprint density at radius 1 is 0.696 bits per heavy atom. The van der Waals surface area contributed by atoms with Crippen LogP contribution in [0.1, 0.15) is 5.56 Å². The first-order chi connectivity index (χ1) is 11.2. The predicted octanol–water partition coefficient (Wildman–Crippen LogP) is 3.29. The summed E-state index contributed by atoms with van der Waals surface area (Å²) in [5.41, 5.74) is 0.813. The highest BCUT2D eigenvalue weighted by molar-refractivity contribution is 6.63. The third kappa shape index (κ3) is 3.73. The van der Waals surface area contributed by atoms with Gasteiger partial charge in [0.15, 0.2) is 0 Å². The maximum atomic E-state index is 10.4. The number of hydrogen-bond acceptors (Lipinski definition) is 3. The van der Waals surface area contributed by atoms with E-state index < -0.39 is 9.28 Å². The number of phenolic OH excluding ortho intramolecular Hbond substituents is 1. The normalized spacial score (nSPS) is 10.5. The van der Waals surface area contributed by atoms with E-state index in [0.29, 0.717) is 0 Å². The largest absolute Gasteiger partial charge is 0.511 e. The molecule has 3 nitrogen and oxygen atoms in total. The molecule has 3 aromatic rings. The van der Waals surface area contributed by atoms with E-state index in [9.17, 15) is 5.11 Å². The summed E-state index contributed by atoms with van der Waals surface area (Å²) in [6.45, 7) is 1.87. The van der Waals surface area contributed by atoms with Crippen LogP contribution in [0.2, 0.25) is 0 Å². The van der Waals surface area contributed by atoms with Gasteiger partial charge in [-0.2, -0.15) is 0 Å². The second kappa shape index (κ2) is 7.02. The van der Waals surface area contributed by atoms with Crippen molar-refractivity contribution in [2.24, 2.45) is 0 Å². The molecule has 0 radical (unpaired) electrons. The van der Waals surface area contributed by atoms with E-state index >= 15 is 0 Å². The zero-order valence-electron chi connectivity index (χ0n) is 12.8. The van der Waals surface area contributed by atoms with Crippen LogP contribution >= 0.6 is 0 Å². The molecule has 0 aliphatic heterocycles. The molecule has 0 aliphatic carbocycles. The second-order valence-corrected chi connectivity index (χ2v) is 6.96. The molecule has 3 aromatic carbocycles. The van der Waals surface area contributed by atoms with Gasteiger partial charge in [0.2, 0.25) is 0 Å². The average Bonchev–Trinajstić information content (AvgIpc) is 2.59. The standard InChI is InChI=1S/C19H18O3Si/c1-15-9-8-14-18(19(15)20)23(21-16-10-4-2-5-11-16)22-17-12-6-3-7-13-17/h2-14,20,23H,1H3. The van der Waals surface area contributed by atoms with Crippen molar-refractivity contribution in [1.82, 2.24) is 0 Å². The number of phenols is 1. The molecule has 0 atom stereocenters. The first-order valence-electron chi connectivity index (χ1n) is 7.46. The minimum Gasteiger partial charge on any atom is -0.511 e. The number of rotatable bonds is 5. The third-order valence-corrected chi connectivity index (χ3v) is 5.44. The van der Waals surface area contributed by atoms with Crippen LogP contribution < -0.4 is 14.0 Å². The van der Waals surface area contributed by atoms with Gasteiger partial charge in [-0.1, -0.05) is 54.6 Å². The van der Waals surface area contributed by atoms with E-state index in [0.717, 1.165) is 22.2 Å². The molecular formula is C19H18O3Si. The fourth-order valence-corrected chi connectivity index (χ4v) is 4.10. The minimum absolute atomic E-state index is 0.246. The zero-order valence-corrected chi connectivity index (χ0v) is 14.0. The molecule has 0 aromatic heterocycles. The molecule has 0 aliphatic rings. The van der Waals surface area contributed by atoms with Crippen molar-refractivity contribution in [3.05, 3.63) is 84.4 Å². The van der Waals surface area contributed by atoms with E-state index in [2.05, 4.69) is 0 Å². The molecule has 3 rings (SSSR count). The first-order valence-corrected chi connectivity index (χ1v) is 8.98. The molecule has 0 heterocycles. The van der Waals surface area contributed by atoms with E-state index in [4.69, 9.17) is 8.85 Å². The Morgan fingerprint density at radius 3 is 1.74 bits per heavy atom. The van der Waals surface area contributed by atoms with Gasteiger partial charge in [-0.25, -0.2) is 0 Å². The van der Waals surface area contributed by atoms with Crippen LogP contribution in [-0.4, -0.2) is 14.4 Å². The highest BCUT2D eigenvalue weighted by Gasteiger charge is 2.25. The number of benzene rings is 3. The Bertz CT molecular complexity index is 719. The van der Waals surface area contributed by atoms with Crippen LogP contribution in [0, 0.1) is 6.92 Å². The number of aryl methyl sites for hydroxylation is 1. The van der Waals surface area contributed by atoms with Crippen LogP contribution in [0.25, 0.3) is 0 Å². The van der Waals surface area contributed by atoms with Crippen LogP contribution in [0.5, 0.6) is 17.2 Å². The van der Waals surface area contributed by atoms with Crippen molar-refractivity contribution in [3.63, 3.8) is 0 Å². The lowest BCUT2D eigenvalue weighted by Crippen LogP contribution is -2.43. The summed E-state index contributed by atoms with van der Waals surface area (Å²) in [7, 11) is -2.36. The van der Waals surface area contributed by atoms with Gasteiger partial charge in [0.05, 0.1) is 5.19 Å². The highest BCUT2D eigenvalue weighted by atomic mass is 28.3. The van der Waals surface area contributed by atoms with Crippen molar-refractivity contribution < 1.29 is 14.0 Å². The summed E-state index contributed by atoms with van der Waals surface area (Å²) in [6, 6.07) is 24.7. The Kier molecular flexibility index (Phi) is 4.64. The van der Waals surface area contributed by atoms with Gasteiger partial charge >= 0.3 is 9.28 Å². The fraction of sp³-hybridized carbons (Fsp3) is 0.0526. The zero-order chi connectivity index (χ0) is 16.1. The Hall–Kier alpha value is -2.72. The van der Waals surface area contributed by atoms with Crippen LogP contribution in [0.4, 0.5) is 0 Å². The lowest BCUT2D eigenvalue weighted by atomic mass is 10.2. The topological polar surface area (TPSA) is 38.7 Å². The smallest absolute Gasteiger partial charge is 0.483 e. The molecule has 23 heavy (non-hydrogen) atoms. The molecule has 0 saturated carbocycles. The van der Waals surface area contributed by atoms with Crippen LogP contribution in [-0.2, 0) is 0 Å². The first kappa shape index (κ1) is 15.2. The molecule has 1 N–H and O–H groups in total. The van der Waals surface area contributed by atoms with Gasteiger partial charge in [-0.05, 0) is 36.8 Å². The number of hydrogen-bond donors (Lipinski definition) is 1. The molecule has 0 saturated heterocycles. The SMILES string of the molecule is Cc1cccc([SiH](Oc2ccccc2)Oc2ccccc2)c1O. The lowest BCUT2D eigenvalue weighted by Gasteiger charge is -2.20. The quantitative estimate of drug-likeness (QED) is 0.733. The van der Waals surface area contributed by atoms with Crippen LogP contribution in [0.3, 0.4) is 0 Å². The molecule has 4 heteroatoms. The van der Waals surface area contributed by atoms with Crippen molar-refractivity contribution >= 4 is 14.5 Å². The summed E-state index contributed by atoms with van der Waals surface area (Å²) in [4.78, 5) is 0. The average molecular weight is 322 g/mol. The van der Waals surface area contributed by atoms with Crippen molar-refractivity contribution in [2.75, 3.05) is 0 Å². The second-order valence-electron chi connectivity index (χ2n) is 5.21. The Morgan fingerprint density at radius 2 is 1.22 bits per heavy atom. The molecule has 0 unspecified atom stereocenters. The third-order valence-electron chi connectivity index (χ3n) is 3.50. The van der Waals surface area contributed by atoms with Gasteiger partial charge in [-0.3, -0.25) is 0 Å². The molecule has 116 valence electrons. The van der Waals surface area contributed by atoms with Gasteiger partial charge < -0.3 is 14.0 Å². The molecule has 0 bridgehead atoms. The Balaban J connectivity index is 1.94. The molecule has 0 spiro atoms. The van der Waals surface area contributed by atoms with Crippen LogP contribution in [0.15, 0.2) is 78.9 Å². The number of aromatic hydroxyl groups is 1. The van der Waals surface area contributed by atoms with Crippen molar-refractivity contribution in [2.45, 2.75) is 6.92 Å². The summed E-state index contributed by atoms with van der Waals surface area (Å²) in [5.74, 6) is 1.72. The minimum atomic E-state index is -2.36. The van der Waals surface area contributed by atoms with Crippen molar-refractivity contribution in [3.8, 4) is 17.2 Å². The summed E-state index contributed by atoms with van der Waals surface area (Å²) in [5, 5.41) is 11.1.